The van der Waals surface area contributed by atoms with E-state index in [9.17, 15) is 18.0 Å². The minimum absolute atomic E-state index is 0.110. The predicted octanol–water partition coefficient (Wildman–Crippen LogP) is -0.570. The lowest BCUT2D eigenvalue weighted by Gasteiger charge is -2.08. The molecule has 10 nitrogen and oxygen atoms in total. The Hall–Kier alpha value is -2.95. The lowest BCUT2D eigenvalue weighted by Crippen LogP contribution is -2.29. The number of nitrogens with one attached hydrogen (secondary N) is 2. The van der Waals surface area contributed by atoms with Crippen LogP contribution in [0.4, 0.5) is 5.69 Å². The second-order valence-electron chi connectivity index (χ2n) is 4.46. The van der Waals surface area contributed by atoms with Crippen molar-refractivity contribution in [3.63, 3.8) is 0 Å². The first-order valence-corrected chi connectivity index (χ1v) is 7.75. The fraction of sp³-hybridized carbons (Fsp3) is 0.167. The number of rotatable bonds is 6. The standard InChI is InChI=1S/C12H13N5O5S/c1-17-10(6-14-16-17)23(21,22)15-9-4-2-8(3-5-9)12(20)13-7-11(18)19/h2-6,15H,7H2,1H3,(H,13,20)(H,18,19). The maximum absolute atomic E-state index is 12.1. The number of aliphatic carboxylic acids is 1. The SMILES string of the molecule is Cn1nncc1S(=O)(=O)Nc1ccc(C(=O)NCC(=O)O)cc1. The smallest absolute Gasteiger partial charge is 0.322 e. The number of carbonyl (C=O) groups is 2. The molecule has 1 amide bonds. The van der Waals surface area contributed by atoms with Gasteiger partial charge in [-0.05, 0) is 24.3 Å². The maximum atomic E-state index is 12.1. The van der Waals surface area contributed by atoms with Gasteiger partial charge in [-0.1, -0.05) is 5.21 Å². The molecule has 122 valence electrons. The van der Waals surface area contributed by atoms with Crippen LogP contribution in [-0.2, 0) is 21.9 Å². The third-order valence-corrected chi connectivity index (χ3v) is 4.17. The molecule has 0 aliphatic carbocycles. The Kier molecular flexibility index (Phi) is 4.60. The van der Waals surface area contributed by atoms with E-state index in [1.54, 1.807) is 0 Å². The fourth-order valence-corrected chi connectivity index (χ4v) is 2.80. The average Bonchev–Trinajstić information content (AvgIpc) is 2.92. The summed E-state index contributed by atoms with van der Waals surface area (Å²) in [7, 11) is -2.40. The summed E-state index contributed by atoms with van der Waals surface area (Å²) in [6, 6.07) is 5.51. The summed E-state index contributed by atoms with van der Waals surface area (Å²) in [6.45, 7) is -0.499. The van der Waals surface area contributed by atoms with Gasteiger partial charge in [-0.25, -0.2) is 4.68 Å². The summed E-state index contributed by atoms with van der Waals surface area (Å²) in [5, 5.41) is 17.6. The lowest BCUT2D eigenvalue weighted by atomic mass is 10.2. The number of aryl methyl sites for hydroxylation is 1. The number of aromatic nitrogens is 3. The van der Waals surface area contributed by atoms with Gasteiger partial charge in [0.25, 0.3) is 15.9 Å². The second-order valence-corrected chi connectivity index (χ2v) is 6.08. The Bertz CT molecular complexity index is 828. The number of carboxylic acids is 1. The molecular formula is C12H13N5O5S. The van der Waals surface area contributed by atoms with Crippen LogP contribution in [0.5, 0.6) is 0 Å². The van der Waals surface area contributed by atoms with E-state index < -0.39 is 28.4 Å². The van der Waals surface area contributed by atoms with Gasteiger partial charge in [0, 0.05) is 18.3 Å². The fourth-order valence-electron chi connectivity index (χ4n) is 1.68. The number of anilines is 1. The van der Waals surface area contributed by atoms with Crippen LogP contribution in [0.15, 0.2) is 35.5 Å². The highest BCUT2D eigenvalue weighted by Crippen LogP contribution is 2.15. The normalized spacial score (nSPS) is 11.0. The van der Waals surface area contributed by atoms with E-state index in [1.165, 1.54) is 31.3 Å². The molecule has 23 heavy (non-hydrogen) atoms. The van der Waals surface area contributed by atoms with E-state index in [-0.39, 0.29) is 16.3 Å². The number of hydrogen-bond donors (Lipinski definition) is 3. The third-order valence-electron chi connectivity index (χ3n) is 2.75. The first kappa shape index (κ1) is 16.4. The molecule has 0 atom stereocenters. The Balaban J connectivity index is 2.10. The first-order chi connectivity index (χ1) is 10.8. The van der Waals surface area contributed by atoms with Gasteiger partial charge < -0.3 is 10.4 Å². The van der Waals surface area contributed by atoms with Gasteiger partial charge in [0.15, 0.2) is 5.03 Å². The van der Waals surface area contributed by atoms with Crippen LogP contribution in [-0.4, -0.2) is 46.9 Å². The van der Waals surface area contributed by atoms with Crippen molar-refractivity contribution in [2.45, 2.75) is 5.03 Å². The van der Waals surface area contributed by atoms with Crippen molar-refractivity contribution in [3.8, 4) is 0 Å². The van der Waals surface area contributed by atoms with Crippen LogP contribution in [0.1, 0.15) is 10.4 Å². The van der Waals surface area contributed by atoms with Crippen molar-refractivity contribution in [3.05, 3.63) is 36.0 Å². The molecule has 1 heterocycles. The Morgan fingerprint density at radius 1 is 1.26 bits per heavy atom. The first-order valence-electron chi connectivity index (χ1n) is 6.27. The molecule has 0 unspecified atom stereocenters. The molecule has 0 aliphatic heterocycles. The van der Waals surface area contributed by atoms with Crippen LogP contribution in [0.2, 0.25) is 0 Å². The number of carboxylic acid groups (broad SMARTS) is 1. The average molecular weight is 339 g/mol. The quantitative estimate of drug-likeness (QED) is 0.639. The van der Waals surface area contributed by atoms with Gasteiger partial charge in [-0.2, -0.15) is 8.42 Å². The Morgan fingerprint density at radius 2 is 1.91 bits per heavy atom. The van der Waals surface area contributed by atoms with Crippen molar-refractivity contribution >= 4 is 27.6 Å². The number of hydrogen-bond acceptors (Lipinski definition) is 6. The van der Waals surface area contributed by atoms with Crippen LogP contribution in [0.25, 0.3) is 0 Å². The van der Waals surface area contributed by atoms with Crippen LogP contribution >= 0.6 is 0 Å². The van der Waals surface area contributed by atoms with Gasteiger partial charge >= 0.3 is 5.97 Å². The van der Waals surface area contributed by atoms with Crippen LogP contribution in [0, 0.1) is 0 Å². The zero-order valence-corrected chi connectivity index (χ0v) is 12.7. The number of carbonyl (C=O) groups excluding carboxylic acids is 1. The molecule has 11 heteroatoms. The highest BCUT2D eigenvalue weighted by Gasteiger charge is 2.19. The Morgan fingerprint density at radius 3 is 2.43 bits per heavy atom. The number of sulfonamides is 1. The third kappa shape index (κ3) is 4.03. The minimum Gasteiger partial charge on any atom is -0.480 e. The van der Waals surface area contributed by atoms with Crippen LogP contribution in [0.3, 0.4) is 0 Å². The maximum Gasteiger partial charge on any atom is 0.322 e. The van der Waals surface area contributed by atoms with Crippen molar-refractivity contribution in [1.29, 1.82) is 0 Å². The minimum atomic E-state index is -3.85. The summed E-state index contributed by atoms with van der Waals surface area (Å²) in [4.78, 5) is 22.0. The van der Waals surface area contributed by atoms with E-state index in [0.29, 0.717) is 0 Å². The van der Waals surface area contributed by atoms with Gasteiger partial charge in [0.05, 0.1) is 6.20 Å². The monoisotopic (exact) mass is 339 g/mol. The summed E-state index contributed by atoms with van der Waals surface area (Å²) in [5.74, 6) is -1.73. The number of amides is 1. The zero-order valence-electron chi connectivity index (χ0n) is 11.9. The molecule has 2 aromatic rings. The molecule has 0 radical (unpaired) electrons. The highest BCUT2D eigenvalue weighted by atomic mass is 32.2. The molecule has 0 bridgehead atoms. The van der Waals surface area contributed by atoms with Gasteiger partial charge in [-0.15, -0.1) is 5.10 Å². The summed E-state index contributed by atoms with van der Waals surface area (Å²) in [5.41, 5.74) is 0.442. The topological polar surface area (TPSA) is 143 Å². The highest BCUT2D eigenvalue weighted by molar-refractivity contribution is 7.92. The molecule has 0 spiro atoms. The van der Waals surface area contributed by atoms with Crippen molar-refractivity contribution < 1.29 is 23.1 Å². The van der Waals surface area contributed by atoms with E-state index in [2.05, 4.69) is 20.4 Å². The lowest BCUT2D eigenvalue weighted by molar-refractivity contribution is -0.135. The number of nitrogens with zero attached hydrogens (tertiary/aromatic N) is 3. The molecule has 0 saturated carbocycles. The predicted molar refractivity (Wildman–Crippen MR) is 78.2 cm³/mol. The van der Waals surface area contributed by atoms with Crippen LogP contribution < -0.4 is 10.0 Å². The number of benzene rings is 1. The molecule has 3 N–H and O–H groups in total. The Labute approximate surface area is 131 Å². The van der Waals surface area contributed by atoms with E-state index in [4.69, 9.17) is 5.11 Å². The molecule has 1 aromatic carbocycles. The molecule has 0 saturated heterocycles. The van der Waals surface area contributed by atoms with Crippen molar-refractivity contribution in [2.75, 3.05) is 11.3 Å². The second kappa shape index (κ2) is 6.44. The van der Waals surface area contributed by atoms with E-state index in [1.807, 2.05) is 0 Å². The van der Waals surface area contributed by atoms with Crippen molar-refractivity contribution in [1.82, 2.24) is 20.3 Å². The molecule has 0 aliphatic rings. The van der Waals surface area contributed by atoms with Gasteiger partial charge in [-0.3, -0.25) is 14.3 Å². The zero-order chi connectivity index (χ0) is 17.0. The summed E-state index contributed by atoms with van der Waals surface area (Å²) in [6.07, 6.45) is 1.11. The molecule has 1 aromatic heterocycles. The van der Waals surface area contributed by atoms with Gasteiger partial charge in [0.2, 0.25) is 0 Å². The molecule has 2 rings (SSSR count). The largest absolute Gasteiger partial charge is 0.480 e. The molecular weight excluding hydrogens is 326 g/mol. The summed E-state index contributed by atoms with van der Waals surface area (Å²) >= 11 is 0. The van der Waals surface area contributed by atoms with Crippen molar-refractivity contribution in [2.24, 2.45) is 7.05 Å². The van der Waals surface area contributed by atoms with E-state index >= 15 is 0 Å². The summed E-state index contributed by atoms with van der Waals surface area (Å²) < 4.78 is 27.7. The van der Waals surface area contributed by atoms with Gasteiger partial charge in [0.1, 0.15) is 6.54 Å². The molecule has 0 fully saturated rings. The van der Waals surface area contributed by atoms with E-state index in [0.717, 1.165) is 10.9 Å².